The number of anilines is 1. The number of hydrogen-bond acceptors (Lipinski definition) is 2. The Morgan fingerprint density at radius 1 is 1.10 bits per heavy atom. The maximum atomic E-state index is 13.0. The lowest BCUT2D eigenvalue weighted by Gasteiger charge is -2.45. The molecule has 21 heavy (non-hydrogen) atoms. The van der Waals surface area contributed by atoms with Crippen LogP contribution in [0.3, 0.4) is 0 Å². The van der Waals surface area contributed by atoms with E-state index in [0.29, 0.717) is 15.7 Å². The monoisotopic (exact) mass is 324 g/mol. The van der Waals surface area contributed by atoms with Gasteiger partial charge < -0.3 is 10.6 Å². The van der Waals surface area contributed by atoms with Gasteiger partial charge in [0.25, 0.3) is 0 Å². The average molecular weight is 325 g/mol. The lowest BCUT2D eigenvalue weighted by atomic mass is 9.88. The van der Waals surface area contributed by atoms with Crippen LogP contribution in [0.15, 0.2) is 42.5 Å². The number of amides is 1. The van der Waals surface area contributed by atoms with E-state index in [9.17, 15) is 9.18 Å². The fourth-order valence-electron chi connectivity index (χ4n) is 2.47. The summed E-state index contributed by atoms with van der Waals surface area (Å²) in [6.07, 6.45) is 0. The first kappa shape index (κ1) is 14.3. The summed E-state index contributed by atoms with van der Waals surface area (Å²) in [5.74, 6) is -0.588. The lowest BCUT2D eigenvalue weighted by molar-refractivity contribution is -0.126. The summed E-state index contributed by atoms with van der Waals surface area (Å²) in [7, 11) is 0. The zero-order chi connectivity index (χ0) is 15.1. The SMILES string of the molecule is N[C@@H]1C(=O)N(c2ccc(F)cc2)[C@H]1c1ccc(Cl)cc1Cl. The van der Waals surface area contributed by atoms with Crippen LogP contribution in [0.5, 0.6) is 0 Å². The Labute approximate surface area is 131 Å². The normalized spacial score (nSPS) is 21.3. The van der Waals surface area contributed by atoms with Crippen LogP contribution < -0.4 is 10.6 Å². The largest absolute Gasteiger partial charge is 0.318 e. The van der Waals surface area contributed by atoms with E-state index in [2.05, 4.69) is 0 Å². The Morgan fingerprint density at radius 2 is 1.76 bits per heavy atom. The third kappa shape index (κ3) is 2.39. The molecule has 1 saturated heterocycles. The van der Waals surface area contributed by atoms with E-state index in [1.54, 1.807) is 18.2 Å². The van der Waals surface area contributed by atoms with Crippen molar-refractivity contribution in [1.29, 1.82) is 0 Å². The first-order chi connectivity index (χ1) is 9.99. The summed E-state index contributed by atoms with van der Waals surface area (Å²) in [6, 6.07) is 9.67. The Bertz CT molecular complexity index is 705. The molecule has 1 heterocycles. The fourth-order valence-corrected chi connectivity index (χ4v) is 2.99. The summed E-state index contributed by atoms with van der Waals surface area (Å²) >= 11 is 12.1. The highest BCUT2D eigenvalue weighted by atomic mass is 35.5. The van der Waals surface area contributed by atoms with Crippen molar-refractivity contribution in [3.05, 3.63) is 63.9 Å². The van der Waals surface area contributed by atoms with Crippen molar-refractivity contribution in [2.45, 2.75) is 12.1 Å². The molecule has 0 aliphatic carbocycles. The van der Waals surface area contributed by atoms with Crippen LogP contribution in [0.4, 0.5) is 10.1 Å². The van der Waals surface area contributed by atoms with Gasteiger partial charge in [-0.3, -0.25) is 4.79 Å². The second kappa shape index (κ2) is 5.30. The lowest BCUT2D eigenvalue weighted by Crippen LogP contribution is -2.63. The van der Waals surface area contributed by atoms with E-state index in [1.807, 2.05) is 0 Å². The van der Waals surface area contributed by atoms with Crippen molar-refractivity contribution in [3.8, 4) is 0 Å². The summed E-state index contributed by atoms with van der Waals surface area (Å²) in [5, 5.41) is 0.957. The number of β-lactam (4-membered cyclic amide) rings is 1. The minimum atomic E-state index is -0.672. The van der Waals surface area contributed by atoms with Crippen LogP contribution in [-0.2, 0) is 4.79 Å². The molecule has 0 saturated carbocycles. The molecule has 2 N–H and O–H groups in total. The summed E-state index contributed by atoms with van der Waals surface area (Å²) < 4.78 is 13.0. The molecule has 1 aliphatic rings. The summed E-state index contributed by atoms with van der Waals surface area (Å²) in [5.41, 5.74) is 7.21. The quantitative estimate of drug-likeness (QED) is 0.859. The van der Waals surface area contributed by atoms with Gasteiger partial charge in [0.05, 0.1) is 6.04 Å². The number of nitrogens with two attached hydrogens (primary N) is 1. The molecule has 2 atom stereocenters. The fraction of sp³-hybridized carbons (Fsp3) is 0.133. The van der Waals surface area contributed by atoms with Crippen LogP contribution in [0.2, 0.25) is 10.0 Å². The van der Waals surface area contributed by atoms with Crippen LogP contribution in [0, 0.1) is 5.82 Å². The van der Waals surface area contributed by atoms with Crippen LogP contribution in [-0.4, -0.2) is 11.9 Å². The molecule has 0 unspecified atom stereocenters. The highest BCUT2D eigenvalue weighted by Gasteiger charge is 2.47. The van der Waals surface area contributed by atoms with Gasteiger partial charge in [0.15, 0.2) is 0 Å². The van der Waals surface area contributed by atoms with E-state index >= 15 is 0 Å². The molecule has 0 bridgehead atoms. The number of benzene rings is 2. The van der Waals surface area contributed by atoms with E-state index in [-0.39, 0.29) is 17.8 Å². The molecule has 2 aromatic carbocycles. The van der Waals surface area contributed by atoms with Gasteiger partial charge in [-0.1, -0.05) is 29.3 Å². The third-order valence-corrected chi connectivity index (χ3v) is 4.09. The van der Waals surface area contributed by atoms with Crippen LogP contribution in [0.1, 0.15) is 11.6 Å². The first-order valence-electron chi connectivity index (χ1n) is 6.28. The predicted octanol–water partition coefficient (Wildman–Crippen LogP) is 3.55. The van der Waals surface area contributed by atoms with E-state index in [1.165, 1.54) is 29.2 Å². The second-order valence-electron chi connectivity index (χ2n) is 4.82. The summed E-state index contributed by atoms with van der Waals surface area (Å²) in [4.78, 5) is 13.6. The van der Waals surface area contributed by atoms with Gasteiger partial charge in [-0.2, -0.15) is 0 Å². The zero-order valence-electron chi connectivity index (χ0n) is 10.8. The topological polar surface area (TPSA) is 46.3 Å². The van der Waals surface area contributed by atoms with Gasteiger partial charge >= 0.3 is 0 Å². The number of hydrogen-bond donors (Lipinski definition) is 1. The van der Waals surface area contributed by atoms with E-state index in [4.69, 9.17) is 28.9 Å². The van der Waals surface area contributed by atoms with E-state index in [0.717, 1.165) is 5.56 Å². The molecule has 3 rings (SSSR count). The third-order valence-electron chi connectivity index (χ3n) is 3.53. The molecule has 0 spiro atoms. The van der Waals surface area contributed by atoms with Crippen molar-refractivity contribution in [2.75, 3.05) is 4.90 Å². The van der Waals surface area contributed by atoms with Crippen LogP contribution >= 0.6 is 23.2 Å². The molecule has 0 aromatic heterocycles. The Hall–Kier alpha value is -1.62. The minimum Gasteiger partial charge on any atom is -0.318 e. The van der Waals surface area contributed by atoms with Crippen molar-refractivity contribution < 1.29 is 9.18 Å². The van der Waals surface area contributed by atoms with Gasteiger partial charge in [0.2, 0.25) is 5.91 Å². The Morgan fingerprint density at radius 3 is 2.38 bits per heavy atom. The highest BCUT2D eigenvalue weighted by Crippen LogP contribution is 2.41. The van der Waals surface area contributed by atoms with Gasteiger partial charge in [-0.05, 0) is 42.0 Å². The van der Waals surface area contributed by atoms with Crippen LogP contribution in [0.25, 0.3) is 0 Å². The number of rotatable bonds is 2. The van der Waals surface area contributed by atoms with E-state index < -0.39 is 6.04 Å². The molecule has 6 heteroatoms. The van der Waals surface area contributed by atoms with Gasteiger partial charge in [-0.15, -0.1) is 0 Å². The van der Waals surface area contributed by atoms with Gasteiger partial charge in [-0.25, -0.2) is 4.39 Å². The molecular formula is C15H11Cl2FN2O. The number of halogens is 3. The van der Waals surface area contributed by atoms with Crippen molar-refractivity contribution in [1.82, 2.24) is 0 Å². The number of carbonyl (C=O) groups excluding carboxylic acids is 1. The number of carbonyl (C=O) groups is 1. The highest BCUT2D eigenvalue weighted by molar-refractivity contribution is 6.35. The molecule has 1 fully saturated rings. The number of nitrogens with zero attached hydrogens (tertiary/aromatic N) is 1. The first-order valence-corrected chi connectivity index (χ1v) is 7.04. The average Bonchev–Trinajstić information content (AvgIpc) is 2.46. The van der Waals surface area contributed by atoms with Gasteiger partial charge in [0, 0.05) is 15.7 Å². The molecule has 1 aliphatic heterocycles. The zero-order valence-corrected chi connectivity index (χ0v) is 12.3. The molecule has 3 nitrogen and oxygen atoms in total. The molecule has 0 radical (unpaired) electrons. The van der Waals surface area contributed by atoms with Crippen molar-refractivity contribution >= 4 is 34.8 Å². The smallest absolute Gasteiger partial charge is 0.247 e. The summed E-state index contributed by atoms with van der Waals surface area (Å²) in [6.45, 7) is 0. The Balaban J connectivity index is 2.00. The Kier molecular flexibility index (Phi) is 3.61. The molecule has 1 amide bonds. The maximum Gasteiger partial charge on any atom is 0.247 e. The van der Waals surface area contributed by atoms with Crippen molar-refractivity contribution in [3.63, 3.8) is 0 Å². The molecule has 108 valence electrons. The molecule has 2 aromatic rings. The minimum absolute atomic E-state index is 0.224. The maximum absolute atomic E-state index is 13.0. The van der Waals surface area contributed by atoms with Gasteiger partial charge in [0.1, 0.15) is 11.9 Å². The molecular weight excluding hydrogens is 314 g/mol. The predicted molar refractivity (Wildman–Crippen MR) is 81.1 cm³/mol. The standard InChI is InChI=1S/C15H11Cl2FN2O/c16-8-1-6-11(12(17)7-8)14-13(19)15(21)20(14)10-4-2-9(18)3-5-10/h1-7,13-14H,19H2/t13-,14-/m0/s1. The van der Waals surface area contributed by atoms with Crippen molar-refractivity contribution in [2.24, 2.45) is 5.73 Å². The second-order valence-corrected chi connectivity index (χ2v) is 5.66.